The summed E-state index contributed by atoms with van der Waals surface area (Å²) in [7, 11) is 1.49. The number of benzene rings is 1. The van der Waals surface area contributed by atoms with Crippen molar-refractivity contribution in [1.82, 2.24) is 0 Å². The Morgan fingerprint density at radius 3 is 2.50 bits per heavy atom. The number of aliphatic hydroxyl groups is 1. The summed E-state index contributed by atoms with van der Waals surface area (Å²) in [4.78, 5) is 25.2. The van der Waals surface area contributed by atoms with Crippen LogP contribution in [0.15, 0.2) is 60.7 Å². The van der Waals surface area contributed by atoms with Crippen molar-refractivity contribution >= 4 is 11.9 Å². The van der Waals surface area contributed by atoms with E-state index < -0.39 is 42.1 Å². The predicted molar refractivity (Wildman–Crippen MR) is 140 cm³/mol. The Morgan fingerprint density at radius 1 is 1.21 bits per heavy atom. The molecule has 4 rings (SSSR count). The van der Waals surface area contributed by atoms with Crippen molar-refractivity contribution in [3.63, 3.8) is 0 Å². The highest BCUT2D eigenvalue weighted by molar-refractivity contribution is 5.89. The van der Waals surface area contributed by atoms with E-state index in [-0.39, 0.29) is 23.0 Å². The lowest BCUT2D eigenvalue weighted by Crippen LogP contribution is -2.63. The van der Waals surface area contributed by atoms with Gasteiger partial charge in [0.05, 0.1) is 17.1 Å². The van der Waals surface area contributed by atoms with E-state index >= 15 is 0 Å². The van der Waals surface area contributed by atoms with Crippen LogP contribution in [-0.4, -0.2) is 54.0 Å². The Labute approximate surface area is 223 Å². The third-order valence-corrected chi connectivity index (χ3v) is 8.97. The molecule has 0 aromatic heterocycles. The molecule has 8 nitrogen and oxygen atoms in total. The fourth-order valence-electron chi connectivity index (χ4n) is 6.76. The summed E-state index contributed by atoms with van der Waals surface area (Å²) in [6.45, 7) is 13.5. The molecular weight excluding hydrogens is 488 g/mol. The fourth-order valence-corrected chi connectivity index (χ4v) is 6.76. The number of carbonyl (C=O) groups is 2. The molecule has 1 aromatic rings. The molecule has 0 amide bonds. The predicted octanol–water partition coefficient (Wildman–Crippen LogP) is 4.67. The summed E-state index contributed by atoms with van der Waals surface area (Å²) in [5.74, 6) is -1.19. The first-order chi connectivity index (χ1) is 18.0. The molecule has 0 bridgehead atoms. The molecule has 2 unspecified atom stereocenters. The number of carbonyl (C=O) groups excluding carboxylic acids is 2. The molecule has 0 radical (unpaired) electrons. The van der Waals surface area contributed by atoms with E-state index in [1.54, 1.807) is 12.2 Å². The topological polar surface area (TPSA) is 112 Å². The molecule has 1 saturated carbocycles. The van der Waals surface area contributed by atoms with Crippen molar-refractivity contribution in [2.75, 3.05) is 7.11 Å². The van der Waals surface area contributed by atoms with Gasteiger partial charge in [-0.05, 0) is 73.3 Å². The van der Waals surface area contributed by atoms with Gasteiger partial charge < -0.3 is 29.2 Å². The second kappa shape index (κ2) is 10.7. The van der Waals surface area contributed by atoms with E-state index in [1.165, 1.54) is 38.3 Å². The van der Waals surface area contributed by atoms with Crippen LogP contribution in [0.25, 0.3) is 0 Å². The Morgan fingerprint density at radius 2 is 1.89 bits per heavy atom. The molecule has 8 atom stereocenters. The minimum atomic E-state index is -1.06. The van der Waals surface area contributed by atoms with E-state index in [0.717, 1.165) is 12.0 Å². The maximum absolute atomic E-state index is 13.0. The van der Waals surface area contributed by atoms with Crippen LogP contribution < -0.4 is 0 Å². The molecule has 3 aliphatic rings. The number of allylic oxidation sites excluding steroid dienone is 2. The van der Waals surface area contributed by atoms with E-state index in [9.17, 15) is 19.8 Å². The number of rotatable bonds is 8. The quantitative estimate of drug-likeness (QED) is 0.286. The third kappa shape index (κ3) is 4.70. The zero-order valence-electron chi connectivity index (χ0n) is 22.5. The molecular formula is C30H38O8. The summed E-state index contributed by atoms with van der Waals surface area (Å²) in [5, 5.41) is 21.3. The van der Waals surface area contributed by atoms with Crippen LogP contribution in [0.1, 0.15) is 56.8 Å². The zero-order valence-corrected chi connectivity index (χ0v) is 22.5. The van der Waals surface area contributed by atoms with Gasteiger partial charge in [0.25, 0.3) is 0 Å². The molecule has 1 heterocycles. The number of hydrogen-bond donors (Lipinski definition) is 2. The van der Waals surface area contributed by atoms with E-state index in [0.29, 0.717) is 30.4 Å². The van der Waals surface area contributed by atoms with Gasteiger partial charge in [0.2, 0.25) is 6.29 Å². The van der Waals surface area contributed by atoms with Crippen LogP contribution in [0.2, 0.25) is 0 Å². The van der Waals surface area contributed by atoms with Crippen LogP contribution in [0.3, 0.4) is 0 Å². The third-order valence-electron chi connectivity index (χ3n) is 8.97. The molecule has 2 aliphatic carbocycles. The lowest BCUT2D eigenvalue weighted by molar-refractivity contribution is -0.254. The average Bonchev–Trinajstić information content (AvgIpc) is 3.19. The number of hydrogen-bond acceptors (Lipinski definition) is 8. The van der Waals surface area contributed by atoms with Crippen molar-refractivity contribution in [1.29, 1.82) is 0 Å². The number of aromatic hydroxyl groups is 1. The molecule has 206 valence electrons. The van der Waals surface area contributed by atoms with Crippen LogP contribution in [0, 0.1) is 22.7 Å². The van der Waals surface area contributed by atoms with Crippen LogP contribution in [0.5, 0.6) is 5.75 Å². The number of aliphatic hydroxyl groups excluding tert-OH is 1. The van der Waals surface area contributed by atoms with Crippen molar-refractivity contribution in [3.05, 3.63) is 66.3 Å². The highest BCUT2D eigenvalue weighted by Crippen LogP contribution is 2.67. The van der Waals surface area contributed by atoms with E-state index in [4.69, 9.17) is 18.9 Å². The van der Waals surface area contributed by atoms with Crippen molar-refractivity contribution < 1.29 is 38.7 Å². The number of ether oxygens (including phenoxy) is 4. The van der Waals surface area contributed by atoms with Gasteiger partial charge in [-0.2, -0.15) is 0 Å². The van der Waals surface area contributed by atoms with Gasteiger partial charge in [0, 0.05) is 19.6 Å². The SMILES string of the molecule is C=CC(=C)CC[C@]1(C)[C@H](C)CC(O)C23C(=C[C@@H](OC(=O)c4ccc(O)cc4)C[C@H]21)[C@@H](OC)O[C@H]3OC(C)=O. The van der Waals surface area contributed by atoms with Crippen LogP contribution >= 0.6 is 0 Å². The second-order valence-corrected chi connectivity index (χ2v) is 11.0. The monoisotopic (exact) mass is 526 g/mol. The first-order valence-electron chi connectivity index (χ1n) is 13.0. The number of phenolic OH excluding ortho intramolecular Hbond substituents is 1. The molecule has 1 aliphatic heterocycles. The number of phenols is 1. The van der Waals surface area contributed by atoms with Gasteiger partial charge in [0.1, 0.15) is 11.9 Å². The van der Waals surface area contributed by atoms with E-state index in [2.05, 4.69) is 27.0 Å². The molecule has 38 heavy (non-hydrogen) atoms. The summed E-state index contributed by atoms with van der Waals surface area (Å²) in [5.41, 5.74) is 0.417. The second-order valence-electron chi connectivity index (χ2n) is 11.0. The largest absolute Gasteiger partial charge is 0.508 e. The van der Waals surface area contributed by atoms with E-state index in [1.807, 2.05) is 0 Å². The number of esters is 2. The van der Waals surface area contributed by atoms with Crippen molar-refractivity contribution in [2.24, 2.45) is 22.7 Å². The van der Waals surface area contributed by atoms with Gasteiger partial charge in [0.15, 0.2) is 6.29 Å². The Hall–Kier alpha value is -2.94. The minimum absolute atomic E-state index is 0.0516. The molecule has 1 aromatic carbocycles. The van der Waals surface area contributed by atoms with Crippen LogP contribution in [0.4, 0.5) is 0 Å². The number of methoxy groups -OCH3 is 1. The zero-order chi connectivity index (χ0) is 27.8. The van der Waals surface area contributed by atoms with Gasteiger partial charge in [-0.1, -0.05) is 38.7 Å². The molecule has 2 fully saturated rings. The summed E-state index contributed by atoms with van der Waals surface area (Å²) < 4.78 is 23.5. The van der Waals surface area contributed by atoms with Gasteiger partial charge >= 0.3 is 11.9 Å². The minimum Gasteiger partial charge on any atom is -0.508 e. The maximum atomic E-state index is 13.0. The van der Waals surface area contributed by atoms with Gasteiger partial charge in [-0.25, -0.2) is 4.79 Å². The molecule has 2 N–H and O–H groups in total. The smallest absolute Gasteiger partial charge is 0.338 e. The Kier molecular flexibility index (Phi) is 7.89. The molecule has 1 saturated heterocycles. The summed E-state index contributed by atoms with van der Waals surface area (Å²) in [6.07, 6.45) is 2.40. The Bertz CT molecular complexity index is 1120. The summed E-state index contributed by atoms with van der Waals surface area (Å²) >= 11 is 0. The lowest BCUT2D eigenvalue weighted by Gasteiger charge is -2.60. The van der Waals surface area contributed by atoms with Gasteiger partial charge in [-0.3, -0.25) is 4.79 Å². The van der Waals surface area contributed by atoms with Crippen molar-refractivity contribution in [2.45, 2.75) is 71.2 Å². The highest BCUT2D eigenvalue weighted by Gasteiger charge is 2.70. The fraction of sp³-hybridized carbons (Fsp3) is 0.533. The normalized spacial score (nSPS) is 35.9. The van der Waals surface area contributed by atoms with Gasteiger partial charge in [-0.15, -0.1) is 0 Å². The maximum Gasteiger partial charge on any atom is 0.338 e. The first-order valence-corrected chi connectivity index (χ1v) is 13.0. The summed E-state index contributed by atoms with van der Waals surface area (Å²) in [6, 6.07) is 5.86. The van der Waals surface area contributed by atoms with Crippen LogP contribution in [-0.2, 0) is 23.7 Å². The Balaban J connectivity index is 1.80. The molecule has 1 spiro atoms. The van der Waals surface area contributed by atoms with Crippen molar-refractivity contribution in [3.8, 4) is 5.75 Å². The standard InChI is InChI=1S/C30H38O8/c1-7-17(2)12-13-29(5)18(3)14-25(33)30-23(27(35-6)38-28(30)36-19(4)31)15-22(16-24(29)30)37-26(34)20-8-10-21(32)11-9-20/h7-11,15,18,22,24-25,27-28,32-33H,1-2,12-14,16H2,3-6H3/t18-,22-,24+,25?,27+,28-,29-,30?/m1/s1. The molecule has 8 heteroatoms. The lowest BCUT2D eigenvalue weighted by atomic mass is 9.45. The first kappa shape index (κ1) is 28.1. The highest BCUT2D eigenvalue weighted by atomic mass is 16.8. The average molecular weight is 527 g/mol.